The molecule has 1 aliphatic rings. The Morgan fingerprint density at radius 2 is 1.90 bits per heavy atom. The van der Waals surface area contributed by atoms with Gasteiger partial charge >= 0.3 is 0 Å². The Morgan fingerprint density at radius 3 is 2.38 bits per heavy atom. The Bertz CT molecular complexity index is 605. The number of hydrogen-bond acceptors (Lipinski definition) is 2. The normalized spacial score (nSPS) is 14.3. The molecule has 1 aromatic carbocycles. The molecular weight excluding hydrogens is 417 g/mol. The van der Waals surface area contributed by atoms with Crippen molar-refractivity contribution >= 4 is 21.6 Å². The van der Waals surface area contributed by atoms with Gasteiger partial charge in [0.25, 0.3) is 0 Å². The van der Waals surface area contributed by atoms with Crippen molar-refractivity contribution in [3.05, 3.63) is 58.2 Å². The molecule has 1 radical (unpaired) electrons. The molecule has 0 amide bonds. The zero-order valence-electron chi connectivity index (χ0n) is 11.7. The number of allylic oxidation sites excluding steroid dienone is 3. The molecule has 2 nitrogen and oxygen atoms in total. The van der Waals surface area contributed by atoms with Gasteiger partial charge < -0.3 is 9.64 Å². The van der Waals surface area contributed by atoms with E-state index in [1.54, 1.807) is 11.0 Å². The summed E-state index contributed by atoms with van der Waals surface area (Å²) >= 11 is 3.33. The van der Waals surface area contributed by atoms with E-state index in [2.05, 4.69) is 28.6 Å². The van der Waals surface area contributed by atoms with E-state index in [9.17, 15) is 8.78 Å². The monoisotopic (exact) mass is 429 g/mol. The third-order valence-corrected chi connectivity index (χ3v) is 3.70. The van der Waals surface area contributed by atoms with Crippen LogP contribution in [-0.4, -0.2) is 18.6 Å². The zero-order chi connectivity index (χ0) is 14.9. The summed E-state index contributed by atoms with van der Waals surface area (Å²) in [6.07, 6.45) is 4.49. The predicted molar refractivity (Wildman–Crippen MR) is 78.1 cm³/mol. The van der Waals surface area contributed by atoms with Gasteiger partial charge in [0.15, 0.2) is 0 Å². The molecule has 0 fully saturated rings. The van der Waals surface area contributed by atoms with Gasteiger partial charge in [-0.15, -0.1) is 15.9 Å². The van der Waals surface area contributed by atoms with Crippen molar-refractivity contribution in [2.75, 3.05) is 13.7 Å². The van der Waals surface area contributed by atoms with E-state index in [0.717, 1.165) is 16.6 Å². The Balaban J connectivity index is 0.00000220. The molecule has 0 unspecified atom stereocenters. The smallest absolute Gasteiger partial charge is 0.122 e. The summed E-state index contributed by atoms with van der Waals surface area (Å²) in [5.41, 5.74) is 0.819. The van der Waals surface area contributed by atoms with Crippen molar-refractivity contribution in [1.82, 2.24) is 4.90 Å². The molecule has 0 N–H and O–H groups in total. The molecule has 1 heterocycles. The third kappa shape index (κ3) is 3.63. The van der Waals surface area contributed by atoms with E-state index in [1.165, 1.54) is 7.11 Å². The number of ether oxygens (including phenoxy) is 1. The second-order valence-corrected chi connectivity index (χ2v) is 5.00. The van der Waals surface area contributed by atoms with Crippen molar-refractivity contribution in [1.29, 1.82) is 0 Å². The van der Waals surface area contributed by atoms with Gasteiger partial charge in [-0.05, 0) is 18.2 Å². The molecule has 1 aliphatic heterocycles. The van der Waals surface area contributed by atoms with Gasteiger partial charge in [0.1, 0.15) is 5.75 Å². The summed E-state index contributed by atoms with van der Waals surface area (Å²) in [6, 6.07) is 2.30. The molecule has 6 heteroatoms. The largest absolute Gasteiger partial charge is 0.497 e. The van der Waals surface area contributed by atoms with E-state index in [0.29, 0.717) is 17.9 Å². The fraction of sp³-hybridized carbons (Fsp3) is 0.200. The SMILES string of the molecule is C=C1C(Br)=C[C-]=C(c2c(F)cc(OC)cc2F)N1CC.[Y]. The second-order valence-electron chi connectivity index (χ2n) is 4.14. The minimum atomic E-state index is -0.693. The third-order valence-electron chi connectivity index (χ3n) is 3.01. The van der Waals surface area contributed by atoms with Crippen LogP contribution in [0.2, 0.25) is 0 Å². The number of benzene rings is 1. The maximum absolute atomic E-state index is 14.1. The van der Waals surface area contributed by atoms with E-state index in [4.69, 9.17) is 4.74 Å². The van der Waals surface area contributed by atoms with Crippen molar-refractivity contribution in [2.24, 2.45) is 0 Å². The van der Waals surface area contributed by atoms with Crippen LogP contribution in [0.5, 0.6) is 5.75 Å². The molecule has 109 valence electrons. The minimum absolute atomic E-state index is 0. The minimum Gasteiger partial charge on any atom is -0.497 e. The van der Waals surface area contributed by atoms with Gasteiger partial charge in [-0.3, -0.25) is 0 Å². The van der Waals surface area contributed by atoms with Gasteiger partial charge in [-0.25, -0.2) is 8.78 Å². The van der Waals surface area contributed by atoms with Crippen LogP contribution < -0.4 is 4.74 Å². The maximum Gasteiger partial charge on any atom is 0.122 e. The first-order valence-corrected chi connectivity index (χ1v) is 6.78. The Kier molecular flexibility index (Phi) is 6.76. The molecule has 1 aromatic rings. The van der Waals surface area contributed by atoms with Crippen molar-refractivity contribution in [3.8, 4) is 5.75 Å². The second kappa shape index (κ2) is 7.66. The summed E-state index contributed by atoms with van der Waals surface area (Å²) in [6.45, 7) is 6.29. The molecule has 2 rings (SSSR count). The number of halogens is 3. The van der Waals surface area contributed by atoms with Crippen LogP contribution in [0.3, 0.4) is 0 Å². The average molecular weight is 430 g/mol. The molecule has 0 saturated carbocycles. The molecule has 21 heavy (non-hydrogen) atoms. The molecule has 0 aromatic heterocycles. The number of rotatable bonds is 3. The first-order chi connectivity index (χ1) is 9.49. The van der Waals surface area contributed by atoms with Crippen LogP contribution in [0.4, 0.5) is 8.78 Å². The standard InChI is InChI=1S/C15H13BrF2NO.Y/c1-4-19-9(2)11(16)5-6-14(19)15-12(17)7-10(20-3)8-13(15)18;/h5,7-8H,2,4H2,1,3H3;/q-1;. The van der Waals surface area contributed by atoms with E-state index in [1.807, 2.05) is 6.92 Å². The fourth-order valence-corrected chi connectivity index (χ4v) is 2.34. The summed E-state index contributed by atoms with van der Waals surface area (Å²) in [5, 5.41) is 0. The number of nitrogens with zero attached hydrogens (tertiary/aromatic N) is 1. The molecule has 0 saturated heterocycles. The average Bonchev–Trinajstić information content (AvgIpc) is 2.42. The molecule has 0 atom stereocenters. The molecular formula is C15H13BrF2NOY-. The van der Waals surface area contributed by atoms with Gasteiger partial charge in [-0.2, -0.15) is 12.2 Å². The van der Waals surface area contributed by atoms with Crippen LogP contribution in [0, 0.1) is 17.7 Å². The Morgan fingerprint density at radius 1 is 1.33 bits per heavy atom. The van der Waals surface area contributed by atoms with Crippen molar-refractivity contribution in [2.45, 2.75) is 6.92 Å². The van der Waals surface area contributed by atoms with E-state index >= 15 is 0 Å². The molecule has 0 spiro atoms. The molecule has 0 bridgehead atoms. The van der Waals surface area contributed by atoms with Crippen molar-refractivity contribution in [3.63, 3.8) is 0 Å². The topological polar surface area (TPSA) is 12.5 Å². The van der Waals surface area contributed by atoms with Gasteiger partial charge in [0.05, 0.1) is 18.7 Å². The predicted octanol–water partition coefficient (Wildman–Crippen LogP) is 4.24. The van der Waals surface area contributed by atoms with E-state index in [-0.39, 0.29) is 44.0 Å². The maximum atomic E-state index is 14.1. The Hall–Kier alpha value is -0.516. The zero-order valence-corrected chi connectivity index (χ0v) is 16.1. The first kappa shape index (κ1) is 18.5. The quantitative estimate of drug-likeness (QED) is 0.666. The summed E-state index contributed by atoms with van der Waals surface area (Å²) in [5.74, 6) is -1.25. The summed E-state index contributed by atoms with van der Waals surface area (Å²) < 4.78 is 33.9. The summed E-state index contributed by atoms with van der Waals surface area (Å²) in [4.78, 5) is 1.69. The number of likely N-dealkylation sites (N-methyl/N-ethyl adjacent to an activating group) is 1. The van der Waals surface area contributed by atoms with Gasteiger partial charge in [0, 0.05) is 51.4 Å². The van der Waals surface area contributed by atoms with Crippen molar-refractivity contribution < 1.29 is 46.2 Å². The number of hydrogen-bond donors (Lipinski definition) is 0. The van der Waals surface area contributed by atoms with Crippen LogP contribution >= 0.6 is 15.9 Å². The fourth-order valence-electron chi connectivity index (χ4n) is 2.01. The Labute approximate surface area is 156 Å². The van der Waals surface area contributed by atoms with Crippen LogP contribution in [-0.2, 0) is 32.7 Å². The first-order valence-electron chi connectivity index (χ1n) is 5.99. The van der Waals surface area contributed by atoms with E-state index < -0.39 is 11.6 Å². The van der Waals surface area contributed by atoms with Crippen LogP contribution in [0.25, 0.3) is 5.70 Å². The molecule has 0 aliphatic carbocycles. The van der Waals surface area contributed by atoms with Crippen LogP contribution in [0.1, 0.15) is 12.5 Å². The number of methoxy groups -OCH3 is 1. The van der Waals surface area contributed by atoms with Crippen LogP contribution in [0.15, 0.2) is 35.0 Å². The van der Waals surface area contributed by atoms with Gasteiger partial charge in [0.2, 0.25) is 0 Å². The summed E-state index contributed by atoms with van der Waals surface area (Å²) in [7, 11) is 1.36. The van der Waals surface area contributed by atoms with Gasteiger partial charge in [-0.1, -0.05) is 16.8 Å².